The van der Waals surface area contributed by atoms with Crippen molar-refractivity contribution in [2.45, 2.75) is 5.41 Å². The number of aromatic hydroxyl groups is 2. The molecule has 0 spiro atoms. The first kappa shape index (κ1) is 24.0. The SMILES string of the molecule is Oc1ccc2cc(C3(c4ccc5cc(O)ccc5c4)c4cc5ccccc5cc4-c4cc5ccccc5cc43)ccc2c1. The molecule has 8 aromatic carbocycles. The van der Waals surface area contributed by atoms with Crippen molar-refractivity contribution in [2.24, 2.45) is 0 Å². The normalized spacial score (nSPS) is 13.5. The van der Waals surface area contributed by atoms with Crippen molar-refractivity contribution in [2.75, 3.05) is 0 Å². The average Bonchev–Trinajstić information content (AvgIpc) is 3.31. The summed E-state index contributed by atoms with van der Waals surface area (Å²) in [6.45, 7) is 0. The lowest BCUT2D eigenvalue weighted by molar-refractivity contribution is 0.475. The van der Waals surface area contributed by atoms with Crippen LogP contribution in [0, 0.1) is 0 Å². The maximum Gasteiger partial charge on any atom is 0.116 e. The van der Waals surface area contributed by atoms with E-state index in [0.717, 1.165) is 21.5 Å². The fourth-order valence-corrected chi connectivity index (χ4v) is 7.41. The quantitative estimate of drug-likeness (QED) is 0.225. The second-order valence-corrected chi connectivity index (χ2v) is 11.7. The molecule has 0 aromatic heterocycles. The van der Waals surface area contributed by atoms with Gasteiger partial charge in [0.25, 0.3) is 0 Å². The number of hydrogen-bond donors (Lipinski definition) is 2. The molecule has 0 saturated heterocycles. The lowest BCUT2D eigenvalue weighted by Gasteiger charge is -2.34. The van der Waals surface area contributed by atoms with Gasteiger partial charge in [-0.3, -0.25) is 0 Å². The number of phenolic OH excluding ortho intramolecular Hbond substituents is 2. The minimum Gasteiger partial charge on any atom is -0.508 e. The summed E-state index contributed by atoms with van der Waals surface area (Å²) in [5.41, 5.74) is 6.76. The Bertz CT molecular complexity index is 2260. The van der Waals surface area contributed by atoms with Crippen LogP contribution in [0.2, 0.25) is 0 Å². The highest BCUT2D eigenvalue weighted by molar-refractivity contribution is 6.01. The predicted octanol–water partition coefficient (Wildman–Crippen LogP) is 10.1. The smallest absolute Gasteiger partial charge is 0.116 e. The zero-order valence-electron chi connectivity index (χ0n) is 23.3. The molecule has 0 heterocycles. The van der Waals surface area contributed by atoms with Gasteiger partial charge in [-0.1, -0.05) is 84.9 Å². The molecule has 0 fully saturated rings. The Morgan fingerprint density at radius 2 is 0.674 bits per heavy atom. The summed E-state index contributed by atoms with van der Waals surface area (Å²) in [7, 11) is 0. The Morgan fingerprint density at radius 1 is 0.326 bits per heavy atom. The fraction of sp³-hybridized carbons (Fsp3) is 0.0244. The highest BCUT2D eigenvalue weighted by atomic mass is 16.3. The summed E-state index contributed by atoms with van der Waals surface area (Å²) in [5, 5.41) is 29.4. The first-order chi connectivity index (χ1) is 21.1. The van der Waals surface area contributed by atoms with Crippen molar-refractivity contribution in [3.8, 4) is 22.6 Å². The summed E-state index contributed by atoms with van der Waals surface area (Å²) in [6.07, 6.45) is 0. The van der Waals surface area contributed by atoms with E-state index in [0.29, 0.717) is 0 Å². The molecule has 0 amide bonds. The van der Waals surface area contributed by atoms with Gasteiger partial charge in [0.15, 0.2) is 0 Å². The van der Waals surface area contributed by atoms with Gasteiger partial charge in [0.2, 0.25) is 0 Å². The first-order valence-electron chi connectivity index (χ1n) is 14.6. The zero-order valence-corrected chi connectivity index (χ0v) is 23.3. The van der Waals surface area contributed by atoms with Gasteiger partial charge in [-0.2, -0.15) is 0 Å². The van der Waals surface area contributed by atoms with Gasteiger partial charge in [0.05, 0.1) is 5.41 Å². The van der Waals surface area contributed by atoms with Gasteiger partial charge in [0.1, 0.15) is 11.5 Å². The molecule has 0 radical (unpaired) electrons. The number of fused-ring (bicyclic) bond motifs is 7. The van der Waals surface area contributed by atoms with Crippen LogP contribution in [-0.2, 0) is 5.41 Å². The summed E-state index contributed by atoms with van der Waals surface area (Å²) >= 11 is 0. The second kappa shape index (κ2) is 8.70. The molecule has 43 heavy (non-hydrogen) atoms. The summed E-state index contributed by atoms with van der Waals surface area (Å²) in [6, 6.07) is 51.2. The molecule has 0 bridgehead atoms. The maximum atomic E-state index is 10.2. The third-order valence-corrected chi connectivity index (χ3v) is 9.38. The highest BCUT2D eigenvalue weighted by Gasteiger charge is 2.46. The third-order valence-electron chi connectivity index (χ3n) is 9.38. The number of rotatable bonds is 2. The van der Waals surface area contributed by atoms with Gasteiger partial charge < -0.3 is 10.2 Å². The van der Waals surface area contributed by atoms with Crippen LogP contribution in [0.25, 0.3) is 54.2 Å². The van der Waals surface area contributed by atoms with Crippen molar-refractivity contribution in [1.29, 1.82) is 0 Å². The number of hydrogen-bond acceptors (Lipinski definition) is 2. The van der Waals surface area contributed by atoms with Crippen molar-refractivity contribution in [3.05, 3.63) is 168 Å². The van der Waals surface area contributed by atoms with Crippen LogP contribution < -0.4 is 0 Å². The fourth-order valence-electron chi connectivity index (χ4n) is 7.41. The van der Waals surface area contributed by atoms with E-state index >= 15 is 0 Å². The number of phenols is 2. The maximum absolute atomic E-state index is 10.2. The molecule has 8 aromatic rings. The van der Waals surface area contributed by atoms with Gasteiger partial charge in [-0.05, 0) is 137 Å². The van der Waals surface area contributed by atoms with E-state index in [-0.39, 0.29) is 11.5 Å². The minimum absolute atomic E-state index is 0.266. The van der Waals surface area contributed by atoms with E-state index in [4.69, 9.17) is 0 Å². The third kappa shape index (κ3) is 3.41. The van der Waals surface area contributed by atoms with E-state index in [2.05, 4.69) is 109 Å². The minimum atomic E-state index is -0.600. The first-order valence-corrected chi connectivity index (χ1v) is 14.6. The molecular weight excluding hydrogens is 524 g/mol. The van der Waals surface area contributed by atoms with Crippen LogP contribution in [0.15, 0.2) is 146 Å². The molecular formula is C41H26O2. The van der Waals surface area contributed by atoms with Crippen molar-refractivity contribution in [3.63, 3.8) is 0 Å². The Hall–Kier alpha value is -5.60. The van der Waals surface area contributed by atoms with Crippen LogP contribution in [0.4, 0.5) is 0 Å². The standard InChI is InChI=1S/C41H26O2/c42-35-15-11-29-17-33(13-9-31(29)19-35)41(34-14-10-32-20-36(43)16-12-30(32)18-34)39-23-27-7-3-1-5-25(27)21-37(39)38-22-26-6-2-4-8-28(26)24-40(38)41/h1-24,42-43H. The molecule has 2 N–H and O–H groups in total. The van der Waals surface area contributed by atoms with Crippen molar-refractivity contribution < 1.29 is 10.2 Å². The highest BCUT2D eigenvalue weighted by Crippen LogP contribution is 2.58. The van der Waals surface area contributed by atoms with E-state index < -0.39 is 5.41 Å². The molecule has 0 unspecified atom stereocenters. The van der Waals surface area contributed by atoms with E-state index in [1.165, 1.54) is 54.9 Å². The molecule has 0 saturated carbocycles. The lowest BCUT2D eigenvalue weighted by atomic mass is 9.66. The van der Waals surface area contributed by atoms with Crippen LogP contribution >= 0.6 is 0 Å². The molecule has 0 atom stereocenters. The van der Waals surface area contributed by atoms with Gasteiger partial charge >= 0.3 is 0 Å². The Labute approximate surface area is 248 Å². The molecule has 1 aliphatic rings. The summed E-state index contributed by atoms with van der Waals surface area (Å²) in [4.78, 5) is 0. The van der Waals surface area contributed by atoms with Crippen LogP contribution in [0.5, 0.6) is 11.5 Å². The molecule has 1 aliphatic carbocycles. The molecule has 9 rings (SSSR count). The van der Waals surface area contributed by atoms with Crippen molar-refractivity contribution in [1.82, 2.24) is 0 Å². The van der Waals surface area contributed by atoms with E-state index in [9.17, 15) is 10.2 Å². The van der Waals surface area contributed by atoms with E-state index in [1.54, 1.807) is 12.1 Å². The van der Waals surface area contributed by atoms with Crippen LogP contribution in [0.3, 0.4) is 0 Å². The molecule has 202 valence electrons. The predicted molar refractivity (Wildman–Crippen MR) is 177 cm³/mol. The largest absolute Gasteiger partial charge is 0.508 e. The van der Waals surface area contributed by atoms with Gasteiger partial charge in [-0.15, -0.1) is 0 Å². The monoisotopic (exact) mass is 550 g/mol. The van der Waals surface area contributed by atoms with Crippen molar-refractivity contribution >= 4 is 43.1 Å². The van der Waals surface area contributed by atoms with Gasteiger partial charge in [0, 0.05) is 0 Å². The lowest BCUT2D eigenvalue weighted by Crippen LogP contribution is -2.28. The van der Waals surface area contributed by atoms with Gasteiger partial charge in [-0.25, -0.2) is 0 Å². The van der Waals surface area contributed by atoms with Crippen LogP contribution in [-0.4, -0.2) is 10.2 Å². The summed E-state index contributed by atoms with van der Waals surface area (Å²) in [5.74, 6) is 0.532. The van der Waals surface area contributed by atoms with E-state index in [1.807, 2.05) is 24.3 Å². The Balaban J connectivity index is 1.48. The molecule has 0 aliphatic heterocycles. The molecule has 2 nitrogen and oxygen atoms in total. The summed E-state index contributed by atoms with van der Waals surface area (Å²) < 4.78 is 0. The average molecular weight is 551 g/mol. The van der Waals surface area contributed by atoms with Crippen LogP contribution in [0.1, 0.15) is 22.3 Å². The second-order valence-electron chi connectivity index (χ2n) is 11.7. The Kier molecular flexibility index (Phi) is 4.87. The zero-order chi connectivity index (χ0) is 28.7. The topological polar surface area (TPSA) is 40.5 Å². The number of benzene rings is 8. The molecule has 2 heteroatoms. The Morgan fingerprint density at radius 3 is 1.12 bits per heavy atom.